The molecule has 2 aromatic carbocycles. The summed E-state index contributed by atoms with van der Waals surface area (Å²) in [6, 6.07) is 13.9. The van der Waals surface area contributed by atoms with Gasteiger partial charge in [0.2, 0.25) is 5.91 Å². The molecule has 0 aliphatic carbocycles. The van der Waals surface area contributed by atoms with Gasteiger partial charge in [-0.2, -0.15) is 5.10 Å². The number of carbonyl (C=O) groups is 2. The number of nitrogens with zero attached hydrogens (tertiary/aromatic N) is 1. The molecule has 0 saturated heterocycles. The summed E-state index contributed by atoms with van der Waals surface area (Å²) in [5.41, 5.74) is 3.81. The summed E-state index contributed by atoms with van der Waals surface area (Å²) in [6.07, 6.45) is 7.60. The maximum absolute atomic E-state index is 12.1. The van der Waals surface area contributed by atoms with Gasteiger partial charge in [-0.3, -0.25) is 4.79 Å². The smallest absolute Gasteiger partial charge is 0.343 e. The van der Waals surface area contributed by atoms with Gasteiger partial charge in [0.15, 0.2) is 0 Å². The summed E-state index contributed by atoms with van der Waals surface area (Å²) in [5.74, 6) is -0.0471. The summed E-state index contributed by atoms with van der Waals surface area (Å²) in [7, 11) is 0. The van der Waals surface area contributed by atoms with E-state index in [2.05, 4.69) is 33.4 Å². The van der Waals surface area contributed by atoms with Gasteiger partial charge in [0.05, 0.1) is 11.8 Å². The number of hydrazone groups is 1. The molecule has 0 aromatic heterocycles. The molecule has 1 amide bonds. The second-order valence-electron chi connectivity index (χ2n) is 6.42. The maximum atomic E-state index is 12.1. The first-order chi connectivity index (χ1) is 13.6. The fraction of sp³-hybridized carbons (Fsp3) is 0.318. The lowest BCUT2D eigenvalue weighted by Gasteiger charge is -2.05. The van der Waals surface area contributed by atoms with Crippen LogP contribution in [-0.4, -0.2) is 18.1 Å². The van der Waals surface area contributed by atoms with Crippen molar-refractivity contribution < 1.29 is 14.3 Å². The largest absolute Gasteiger partial charge is 0.423 e. The number of carbonyl (C=O) groups excluding carboxylic acids is 2. The summed E-state index contributed by atoms with van der Waals surface area (Å²) in [4.78, 5) is 23.8. The highest BCUT2D eigenvalue weighted by Gasteiger charge is 2.08. The molecule has 2 aromatic rings. The van der Waals surface area contributed by atoms with E-state index in [1.165, 1.54) is 19.3 Å². The Kier molecular flexibility index (Phi) is 9.42. The van der Waals surface area contributed by atoms with Crippen molar-refractivity contribution in [1.82, 2.24) is 5.43 Å². The van der Waals surface area contributed by atoms with Crippen molar-refractivity contribution in [3.63, 3.8) is 0 Å². The monoisotopic (exact) mass is 444 g/mol. The van der Waals surface area contributed by atoms with Gasteiger partial charge < -0.3 is 4.74 Å². The molecule has 0 fully saturated rings. The molecule has 0 bridgehead atoms. The molecule has 0 saturated carbocycles. The molecule has 2 rings (SSSR count). The number of hydrogen-bond donors (Lipinski definition) is 1. The van der Waals surface area contributed by atoms with Gasteiger partial charge in [0.1, 0.15) is 5.75 Å². The Hall–Kier alpha value is -2.47. The quantitative estimate of drug-likeness (QED) is 0.173. The lowest BCUT2D eigenvalue weighted by atomic mass is 10.1. The van der Waals surface area contributed by atoms with E-state index >= 15 is 0 Å². The average Bonchev–Trinajstić information content (AvgIpc) is 2.69. The molecule has 0 radical (unpaired) electrons. The first-order valence-electron chi connectivity index (χ1n) is 9.48. The highest BCUT2D eigenvalue weighted by atomic mass is 79.9. The SMILES string of the molecule is CCCCCCCC(=O)N/N=C\c1ccc(OC(=O)c2ccc(Br)cc2)cc1. The third-order valence-electron chi connectivity index (χ3n) is 4.08. The fourth-order valence-corrected chi connectivity index (χ4v) is 2.76. The van der Waals surface area contributed by atoms with Crippen molar-refractivity contribution in [2.24, 2.45) is 5.10 Å². The predicted molar refractivity (Wildman–Crippen MR) is 115 cm³/mol. The van der Waals surface area contributed by atoms with Gasteiger partial charge in [-0.05, 0) is 60.5 Å². The Morgan fingerprint density at radius 1 is 1.00 bits per heavy atom. The number of esters is 1. The molecule has 5 nitrogen and oxygen atoms in total. The van der Waals surface area contributed by atoms with Crippen LogP contribution in [0.2, 0.25) is 0 Å². The van der Waals surface area contributed by atoms with Crippen LogP contribution in [0.15, 0.2) is 58.1 Å². The zero-order valence-corrected chi connectivity index (χ0v) is 17.6. The molecule has 0 aliphatic rings. The van der Waals surface area contributed by atoms with Crippen molar-refractivity contribution in [1.29, 1.82) is 0 Å². The lowest BCUT2D eigenvalue weighted by molar-refractivity contribution is -0.121. The number of rotatable bonds is 10. The van der Waals surface area contributed by atoms with E-state index in [4.69, 9.17) is 4.74 Å². The van der Waals surface area contributed by atoms with E-state index < -0.39 is 5.97 Å². The average molecular weight is 445 g/mol. The second-order valence-corrected chi connectivity index (χ2v) is 7.34. The molecule has 0 aliphatic heterocycles. The number of amides is 1. The van der Waals surface area contributed by atoms with Crippen molar-refractivity contribution in [3.05, 3.63) is 64.1 Å². The zero-order chi connectivity index (χ0) is 20.2. The minimum Gasteiger partial charge on any atom is -0.423 e. The Morgan fingerprint density at radius 2 is 1.68 bits per heavy atom. The third kappa shape index (κ3) is 8.05. The van der Waals surface area contributed by atoms with Gasteiger partial charge in [0.25, 0.3) is 0 Å². The summed E-state index contributed by atoms with van der Waals surface area (Å²) in [6.45, 7) is 2.17. The van der Waals surface area contributed by atoms with Crippen molar-refractivity contribution in [2.75, 3.05) is 0 Å². The Morgan fingerprint density at radius 3 is 2.36 bits per heavy atom. The summed E-state index contributed by atoms with van der Waals surface area (Å²) in [5, 5.41) is 3.97. The van der Waals surface area contributed by atoms with Crippen molar-refractivity contribution in [3.8, 4) is 5.75 Å². The minimum atomic E-state index is -0.417. The van der Waals surface area contributed by atoms with Crippen molar-refractivity contribution in [2.45, 2.75) is 45.4 Å². The highest BCUT2D eigenvalue weighted by Crippen LogP contribution is 2.15. The molecule has 28 heavy (non-hydrogen) atoms. The molecule has 0 heterocycles. The second kappa shape index (κ2) is 12.1. The number of unbranched alkanes of at least 4 members (excludes halogenated alkanes) is 4. The standard InChI is InChI=1S/C22H25BrN2O3/c1-2-3-4-5-6-7-21(26)25-24-16-17-8-14-20(15-9-17)28-22(27)18-10-12-19(23)13-11-18/h8-16H,2-7H2,1H3,(H,25,26)/b24-16-. The van der Waals surface area contributed by atoms with Crippen LogP contribution in [-0.2, 0) is 4.79 Å². The normalized spacial score (nSPS) is 10.8. The van der Waals surface area contributed by atoms with E-state index in [9.17, 15) is 9.59 Å². The third-order valence-corrected chi connectivity index (χ3v) is 4.61. The van der Waals surface area contributed by atoms with E-state index in [-0.39, 0.29) is 5.91 Å². The number of benzene rings is 2. The molecule has 0 spiro atoms. The Balaban J connectivity index is 1.75. The van der Waals surface area contributed by atoms with E-state index in [1.54, 1.807) is 54.7 Å². The summed E-state index contributed by atoms with van der Waals surface area (Å²) >= 11 is 3.33. The van der Waals surface area contributed by atoms with Gasteiger partial charge in [0, 0.05) is 10.9 Å². The molecule has 1 N–H and O–H groups in total. The van der Waals surface area contributed by atoms with Gasteiger partial charge in [-0.25, -0.2) is 10.2 Å². The first kappa shape index (κ1) is 21.8. The highest BCUT2D eigenvalue weighted by molar-refractivity contribution is 9.10. The van der Waals surface area contributed by atoms with Crippen LogP contribution < -0.4 is 10.2 Å². The van der Waals surface area contributed by atoms with Crippen LogP contribution in [0.5, 0.6) is 5.75 Å². The van der Waals surface area contributed by atoms with Crippen LogP contribution in [0.25, 0.3) is 0 Å². The molecular weight excluding hydrogens is 420 g/mol. The number of hydrogen-bond acceptors (Lipinski definition) is 4. The molecular formula is C22H25BrN2O3. The van der Waals surface area contributed by atoms with E-state index in [1.807, 2.05) is 0 Å². The van der Waals surface area contributed by atoms with Crippen LogP contribution in [0, 0.1) is 0 Å². The first-order valence-corrected chi connectivity index (χ1v) is 10.3. The van der Waals surface area contributed by atoms with E-state index in [0.29, 0.717) is 17.7 Å². The molecule has 6 heteroatoms. The number of ether oxygens (including phenoxy) is 1. The lowest BCUT2D eigenvalue weighted by Crippen LogP contribution is -2.16. The maximum Gasteiger partial charge on any atom is 0.343 e. The summed E-state index contributed by atoms with van der Waals surface area (Å²) < 4.78 is 6.24. The number of halogens is 1. The van der Waals surface area contributed by atoms with Crippen LogP contribution >= 0.6 is 15.9 Å². The number of nitrogens with one attached hydrogen (secondary N) is 1. The van der Waals surface area contributed by atoms with Gasteiger partial charge in [-0.1, -0.05) is 48.5 Å². The Labute approximate surface area is 174 Å². The zero-order valence-electron chi connectivity index (χ0n) is 16.0. The van der Waals surface area contributed by atoms with Crippen LogP contribution in [0.3, 0.4) is 0 Å². The van der Waals surface area contributed by atoms with Crippen LogP contribution in [0.1, 0.15) is 61.4 Å². The molecule has 148 valence electrons. The predicted octanol–water partition coefficient (Wildman–Crippen LogP) is 5.48. The van der Waals surface area contributed by atoms with Gasteiger partial charge >= 0.3 is 5.97 Å². The van der Waals surface area contributed by atoms with Crippen LogP contribution in [0.4, 0.5) is 0 Å². The topological polar surface area (TPSA) is 67.8 Å². The minimum absolute atomic E-state index is 0.0761. The molecule has 0 atom stereocenters. The molecule has 0 unspecified atom stereocenters. The fourth-order valence-electron chi connectivity index (χ4n) is 2.50. The Bertz CT molecular complexity index is 786. The van der Waals surface area contributed by atoms with Gasteiger partial charge in [-0.15, -0.1) is 0 Å². The van der Waals surface area contributed by atoms with Crippen molar-refractivity contribution >= 4 is 34.0 Å². The van der Waals surface area contributed by atoms with E-state index in [0.717, 1.165) is 22.9 Å².